The highest BCUT2D eigenvalue weighted by Crippen LogP contribution is 2.29. The number of hydrogen-bond acceptors (Lipinski definition) is 7. The van der Waals surface area contributed by atoms with E-state index in [1.54, 1.807) is 25.8 Å². The first-order valence-corrected chi connectivity index (χ1v) is 11.5. The summed E-state index contributed by atoms with van der Waals surface area (Å²) in [6.45, 7) is 6.60. The highest BCUT2D eigenvalue weighted by Gasteiger charge is 2.24. The Labute approximate surface area is 186 Å². The van der Waals surface area contributed by atoms with E-state index in [0.29, 0.717) is 13.1 Å². The number of amides is 1. The second-order valence-corrected chi connectivity index (χ2v) is 8.51. The molecular formula is C22H28N6O2S. The van der Waals surface area contributed by atoms with Gasteiger partial charge in [-0.2, -0.15) is 0 Å². The molecule has 8 nitrogen and oxygen atoms in total. The molecule has 0 N–H and O–H groups in total. The Morgan fingerprint density at radius 2 is 1.81 bits per heavy atom. The largest absolute Gasteiger partial charge is 0.497 e. The molecule has 0 radical (unpaired) electrons. The van der Waals surface area contributed by atoms with Crippen LogP contribution >= 0.6 is 11.8 Å². The minimum absolute atomic E-state index is 0.120. The third kappa shape index (κ3) is 4.46. The number of rotatable bonds is 6. The van der Waals surface area contributed by atoms with Crippen molar-refractivity contribution in [3.63, 3.8) is 0 Å². The van der Waals surface area contributed by atoms with Crippen LogP contribution in [0.4, 0.5) is 5.82 Å². The average Bonchev–Trinajstić information content (AvgIpc) is 3.13. The molecule has 0 aliphatic carbocycles. The minimum atomic E-state index is 0.120. The SMILES string of the molecule is CCc1nc2c(N3CCN(C(C)=O)CC3)nc(SCc3ccc(OC)cc3)nc2n1C. The van der Waals surface area contributed by atoms with Gasteiger partial charge in [0.2, 0.25) is 5.91 Å². The van der Waals surface area contributed by atoms with Crippen molar-refractivity contribution in [1.29, 1.82) is 0 Å². The molecule has 1 aliphatic rings. The summed E-state index contributed by atoms with van der Waals surface area (Å²) in [6, 6.07) is 8.06. The third-order valence-electron chi connectivity index (χ3n) is 5.64. The van der Waals surface area contributed by atoms with Gasteiger partial charge in [-0.05, 0) is 17.7 Å². The molecule has 2 aromatic heterocycles. The van der Waals surface area contributed by atoms with Gasteiger partial charge < -0.3 is 19.1 Å². The topological polar surface area (TPSA) is 76.4 Å². The molecule has 1 saturated heterocycles. The average molecular weight is 441 g/mol. The summed E-state index contributed by atoms with van der Waals surface area (Å²) in [6.07, 6.45) is 0.832. The van der Waals surface area contributed by atoms with Crippen LogP contribution < -0.4 is 9.64 Å². The number of aromatic nitrogens is 4. The lowest BCUT2D eigenvalue weighted by Gasteiger charge is -2.35. The van der Waals surface area contributed by atoms with Crippen molar-refractivity contribution in [2.45, 2.75) is 31.2 Å². The Morgan fingerprint density at radius 3 is 2.42 bits per heavy atom. The zero-order chi connectivity index (χ0) is 22.0. The van der Waals surface area contributed by atoms with E-state index in [0.717, 1.165) is 59.0 Å². The number of carbonyl (C=O) groups excluding carboxylic acids is 1. The predicted octanol–water partition coefficient (Wildman–Crippen LogP) is 2.90. The number of anilines is 1. The standard InChI is InChI=1S/C22H28N6O2S/c1-5-18-23-19-20(26(18)3)24-22(31-14-16-6-8-17(30-4)9-7-16)25-21(19)28-12-10-27(11-13-28)15(2)29/h6-9H,5,10-14H2,1-4H3. The van der Waals surface area contributed by atoms with Crippen molar-refractivity contribution < 1.29 is 9.53 Å². The molecule has 0 saturated carbocycles. The fourth-order valence-electron chi connectivity index (χ4n) is 3.78. The quantitative estimate of drug-likeness (QED) is 0.431. The molecule has 9 heteroatoms. The van der Waals surface area contributed by atoms with E-state index in [1.807, 2.05) is 24.1 Å². The van der Waals surface area contributed by atoms with Gasteiger partial charge in [-0.1, -0.05) is 30.8 Å². The van der Waals surface area contributed by atoms with E-state index in [9.17, 15) is 4.79 Å². The fraction of sp³-hybridized carbons (Fsp3) is 0.455. The van der Waals surface area contributed by atoms with Crippen LogP contribution in [0.25, 0.3) is 11.2 Å². The number of imidazole rings is 1. The van der Waals surface area contributed by atoms with Crippen LogP contribution in [-0.2, 0) is 24.0 Å². The van der Waals surface area contributed by atoms with Crippen LogP contribution in [0.2, 0.25) is 0 Å². The molecule has 0 unspecified atom stereocenters. The number of ether oxygens (including phenoxy) is 1. The molecule has 0 bridgehead atoms. The number of fused-ring (bicyclic) bond motifs is 1. The highest BCUT2D eigenvalue weighted by atomic mass is 32.2. The van der Waals surface area contributed by atoms with Crippen molar-refractivity contribution in [3.05, 3.63) is 35.7 Å². The van der Waals surface area contributed by atoms with Gasteiger partial charge >= 0.3 is 0 Å². The second kappa shape index (κ2) is 9.13. The number of thioether (sulfide) groups is 1. The van der Waals surface area contributed by atoms with Gasteiger partial charge in [-0.25, -0.2) is 15.0 Å². The summed E-state index contributed by atoms with van der Waals surface area (Å²) in [7, 11) is 3.68. The van der Waals surface area contributed by atoms with Crippen molar-refractivity contribution in [2.75, 3.05) is 38.2 Å². The predicted molar refractivity (Wildman–Crippen MR) is 123 cm³/mol. The molecule has 1 aromatic carbocycles. The molecule has 3 aromatic rings. The van der Waals surface area contributed by atoms with Crippen molar-refractivity contribution >= 4 is 34.7 Å². The molecule has 0 spiro atoms. The monoisotopic (exact) mass is 440 g/mol. The molecule has 164 valence electrons. The molecule has 1 fully saturated rings. The van der Waals surface area contributed by atoms with E-state index in [2.05, 4.69) is 28.5 Å². The molecule has 3 heterocycles. The van der Waals surface area contributed by atoms with Crippen LogP contribution in [0, 0.1) is 0 Å². The lowest BCUT2D eigenvalue weighted by atomic mass is 10.2. The first kappa shape index (κ1) is 21.4. The van der Waals surface area contributed by atoms with E-state index in [1.165, 1.54) is 5.56 Å². The normalized spacial score (nSPS) is 14.3. The van der Waals surface area contributed by atoms with Gasteiger partial charge in [0.15, 0.2) is 22.1 Å². The minimum Gasteiger partial charge on any atom is -0.497 e. The van der Waals surface area contributed by atoms with Crippen LogP contribution in [-0.4, -0.2) is 63.6 Å². The Hall–Kier alpha value is -2.81. The van der Waals surface area contributed by atoms with Crippen molar-refractivity contribution in [1.82, 2.24) is 24.4 Å². The Balaban J connectivity index is 1.63. The van der Waals surface area contributed by atoms with Gasteiger partial charge in [0, 0.05) is 52.3 Å². The summed E-state index contributed by atoms with van der Waals surface area (Å²) >= 11 is 1.62. The Kier molecular flexibility index (Phi) is 6.31. The van der Waals surface area contributed by atoms with Gasteiger partial charge in [0.25, 0.3) is 0 Å². The zero-order valence-corrected chi connectivity index (χ0v) is 19.3. The highest BCUT2D eigenvalue weighted by molar-refractivity contribution is 7.98. The van der Waals surface area contributed by atoms with E-state index >= 15 is 0 Å². The maximum atomic E-state index is 11.7. The van der Waals surface area contributed by atoms with E-state index in [4.69, 9.17) is 19.7 Å². The zero-order valence-electron chi connectivity index (χ0n) is 18.5. The summed E-state index contributed by atoms with van der Waals surface area (Å²) in [5.41, 5.74) is 2.88. The van der Waals surface area contributed by atoms with E-state index < -0.39 is 0 Å². The number of carbonyl (C=O) groups is 1. The number of benzene rings is 1. The molecule has 0 atom stereocenters. The van der Waals surface area contributed by atoms with Gasteiger partial charge in [0.1, 0.15) is 11.6 Å². The Bertz CT molecular complexity index is 1070. The maximum absolute atomic E-state index is 11.7. The van der Waals surface area contributed by atoms with Gasteiger partial charge in [0.05, 0.1) is 7.11 Å². The van der Waals surface area contributed by atoms with Gasteiger partial charge in [-0.15, -0.1) is 0 Å². The third-order valence-corrected chi connectivity index (χ3v) is 6.56. The lowest BCUT2D eigenvalue weighted by Crippen LogP contribution is -2.48. The maximum Gasteiger partial charge on any atom is 0.219 e. The van der Waals surface area contributed by atoms with Crippen molar-refractivity contribution in [2.24, 2.45) is 7.05 Å². The molecular weight excluding hydrogens is 412 g/mol. The van der Waals surface area contributed by atoms with Crippen molar-refractivity contribution in [3.8, 4) is 5.75 Å². The van der Waals surface area contributed by atoms with Crippen LogP contribution in [0.3, 0.4) is 0 Å². The summed E-state index contributed by atoms with van der Waals surface area (Å²) in [5, 5.41) is 0.734. The molecule has 1 aliphatic heterocycles. The number of methoxy groups -OCH3 is 1. The first-order valence-electron chi connectivity index (χ1n) is 10.5. The fourth-order valence-corrected chi connectivity index (χ4v) is 4.57. The Morgan fingerprint density at radius 1 is 1.10 bits per heavy atom. The summed E-state index contributed by atoms with van der Waals surface area (Å²) in [5.74, 6) is 3.59. The van der Waals surface area contributed by atoms with Gasteiger partial charge in [-0.3, -0.25) is 4.79 Å². The van der Waals surface area contributed by atoms with Crippen LogP contribution in [0.5, 0.6) is 5.75 Å². The summed E-state index contributed by atoms with van der Waals surface area (Å²) in [4.78, 5) is 30.4. The number of nitrogens with zero attached hydrogens (tertiary/aromatic N) is 6. The molecule has 4 rings (SSSR count). The van der Waals surface area contributed by atoms with E-state index in [-0.39, 0.29) is 5.91 Å². The number of aryl methyl sites for hydroxylation is 2. The molecule has 1 amide bonds. The molecule has 31 heavy (non-hydrogen) atoms. The smallest absolute Gasteiger partial charge is 0.219 e. The lowest BCUT2D eigenvalue weighted by molar-refractivity contribution is -0.129. The van der Waals surface area contributed by atoms with Crippen LogP contribution in [0.15, 0.2) is 29.4 Å². The second-order valence-electron chi connectivity index (χ2n) is 7.57. The number of piperazine rings is 1. The first-order chi connectivity index (χ1) is 15.0. The van der Waals surface area contributed by atoms with Crippen LogP contribution in [0.1, 0.15) is 25.2 Å². The number of hydrogen-bond donors (Lipinski definition) is 0. The summed E-state index contributed by atoms with van der Waals surface area (Å²) < 4.78 is 7.30.